The molecule has 1 fully saturated rings. The molecule has 8 nitrogen and oxygen atoms in total. The van der Waals surface area contributed by atoms with Crippen LogP contribution in [0.1, 0.15) is 45.1 Å². The smallest absolute Gasteiger partial charge is 0.741 e. The molecule has 1 radical (unpaired) electrons. The maximum atomic E-state index is 5.99. The van der Waals surface area contributed by atoms with E-state index in [0.29, 0.717) is 40.9 Å². The van der Waals surface area contributed by atoms with Crippen molar-refractivity contribution >= 4 is 47.5 Å². The summed E-state index contributed by atoms with van der Waals surface area (Å²) in [6, 6.07) is 4.41. The number of aliphatic imine (C=N–C) groups is 2. The summed E-state index contributed by atoms with van der Waals surface area (Å²) in [7, 11) is 0. The van der Waals surface area contributed by atoms with Gasteiger partial charge in [-0.05, 0) is 62.6 Å². The molecule has 1 saturated heterocycles. The quantitative estimate of drug-likeness (QED) is 0.193. The second-order valence-electron chi connectivity index (χ2n) is 6.27. The van der Waals surface area contributed by atoms with E-state index in [-0.39, 0.29) is 17.1 Å². The molecule has 0 bridgehead atoms. The minimum Gasteiger partial charge on any atom is -0.741 e. The van der Waals surface area contributed by atoms with E-state index >= 15 is 0 Å². The number of hydrogen-bond donors (Lipinski definition) is 2. The van der Waals surface area contributed by atoms with Gasteiger partial charge in [-0.1, -0.05) is 0 Å². The predicted octanol–water partition coefficient (Wildman–Crippen LogP) is 1.98. The molecule has 1 aromatic heterocycles. The maximum absolute atomic E-state index is 5.99. The van der Waals surface area contributed by atoms with Crippen LogP contribution in [-0.4, -0.2) is 52.8 Å². The van der Waals surface area contributed by atoms with E-state index in [4.69, 9.17) is 29.7 Å². The molecule has 2 N–H and O–H groups in total. The van der Waals surface area contributed by atoms with Crippen molar-refractivity contribution in [3.05, 3.63) is 23.7 Å². The summed E-state index contributed by atoms with van der Waals surface area (Å²) >= 11 is 10.2. The van der Waals surface area contributed by atoms with E-state index < -0.39 is 0 Å². The van der Waals surface area contributed by atoms with Gasteiger partial charge in [0, 0.05) is 19.1 Å². The Morgan fingerprint density at radius 1 is 1.21 bits per heavy atom. The molecule has 163 valence electrons. The molecule has 1 aliphatic heterocycles. The Kier molecular flexibility index (Phi) is 12.0. The van der Waals surface area contributed by atoms with Crippen molar-refractivity contribution in [3.63, 3.8) is 0 Å². The number of amidine groups is 2. The van der Waals surface area contributed by atoms with Crippen LogP contribution >= 0.6 is 0 Å². The Hall–Kier alpha value is -1.52. The second kappa shape index (κ2) is 13.7. The van der Waals surface area contributed by atoms with Gasteiger partial charge < -0.3 is 29.7 Å². The number of nitrogens with one attached hydrogen (secondary N) is 2. The molecular weight excluding hydrogens is 458 g/mol. The Morgan fingerprint density at radius 3 is 2.52 bits per heavy atom. The Bertz CT molecular complexity index is 748. The summed E-state index contributed by atoms with van der Waals surface area (Å²) in [5.41, 5.74) is 5.90. The molecule has 1 aromatic rings. The van der Waals surface area contributed by atoms with Crippen molar-refractivity contribution in [1.82, 2.24) is 15.8 Å². The van der Waals surface area contributed by atoms with Crippen LogP contribution in [0.2, 0.25) is 0 Å². The monoisotopic (exact) mass is 484 g/mol. The average molecular weight is 485 g/mol. The molecule has 2 rings (SSSR count). The van der Waals surface area contributed by atoms with Crippen molar-refractivity contribution in [2.24, 2.45) is 20.2 Å². The summed E-state index contributed by atoms with van der Waals surface area (Å²) in [5, 5.41) is 8.98. The number of rotatable bonds is 8. The third kappa shape index (κ3) is 8.79. The predicted molar refractivity (Wildman–Crippen MR) is 120 cm³/mol. The fourth-order valence-electron chi connectivity index (χ4n) is 2.79. The molecule has 0 amide bonds. The Balaban J connectivity index is 0.00000420. The molecule has 0 aliphatic carbocycles. The van der Waals surface area contributed by atoms with E-state index in [1.807, 2.05) is 26.0 Å². The third-order valence-corrected chi connectivity index (χ3v) is 4.63. The van der Waals surface area contributed by atoms with Crippen LogP contribution in [-0.2, 0) is 48.9 Å². The topological polar surface area (TPSA) is 89.9 Å². The van der Waals surface area contributed by atoms with Gasteiger partial charge in [0.25, 0.3) is 0 Å². The van der Waals surface area contributed by atoms with Gasteiger partial charge in [0.15, 0.2) is 5.76 Å². The first-order valence-electron chi connectivity index (χ1n) is 9.42. The zero-order valence-corrected chi connectivity index (χ0v) is 19.4. The number of furan rings is 1. The standard InChI is InChI=1S/C18H29N7OS2.Cu/c1-4-19-17(27)23-21-11-15(22-24-18(28)20-5-2)16-9-8-14(26-16)12-25-10-6-7-13(25)3;/h8-9,11,13H,4-7,10,12H2,1-3H3,(H2,19,23,27)(H2,20,24,28);/q;+2/p-2/b21-11+,22-15-;. The average Bonchev–Trinajstić information content (AvgIpc) is 3.28. The van der Waals surface area contributed by atoms with Crippen molar-refractivity contribution in [2.75, 3.05) is 19.6 Å². The van der Waals surface area contributed by atoms with Crippen molar-refractivity contribution in [2.45, 2.75) is 46.2 Å². The summed E-state index contributed by atoms with van der Waals surface area (Å²) in [4.78, 5) is 10.5. The minimum atomic E-state index is 0. The second-order valence-corrected chi connectivity index (χ2v) is 7.04. The van der Waals surface area contributed by atoms with Crippen molar-refractivity contribution in [3.8, 4) is 0 Å². The van der Waals surface area contributed by atoms with Gasteiger partial charge in [-0.15, -0.1) is 0 Å². The fraction of sp³-hybridized carbons (Fsp3) is 0.556. The van der Waals surface area contributed by atoms with Gasteiger partial charge in [0.05, 0.1) is 12.8 Å². The summed E-state index contributed by atoms with van der Waals surface area (Å²) in [6.07, 6.45) is 3.97. The van der Waals surface area contributed by atoms with Crippen molar-refractivity contribution < 1.29 is 21.5 Å². The zero-order chi connectivity index (χ0) is 20.4. The number of nitrogens with zero attached hydrogens (tertiary/aromatic N) is 5. The van der Waals surface area contributed by atoms with Gasteiger partial charge in [-0.3, -0.25) is 25.7 Å². The fourth-order valence-corrected chi connectivity index (χ4v) is 3.15. The van der Waals surface area contributed by atoms with E-state index in [1.54, 1.807) is 0 Å². The first-order chi connectivity index (χ1) is 13.5. The van der Waals surface area contributed by atoms with Crippen LogP contribution in [0.25, 0.3) is 0 Å². The van der Waals surface area contributed by atoms with Gasteiger partial charge in [0.1, 0.15) is 11.5 Å². The zero-order valence-electron chi connectivity index (χ0n) is 16.8. The molecular formula is C18H27CuN7OS2. The molecule has 0 spiro atoms. The van der Waals surface area contributed by atoms with Gasteiger partial charge in [0.2, 0.25) is 0 Å². The van der Waals surface area contributed by atoms with Crippen molar-refractivity contribution in [1.29, 1.82) is 0 Å². The van der Waals surface area contributed by atoms with Crippen LogP contribution in [0.3, 0.4) is 0 Å². The molecule has 2 heterocycles. The van der Waals surface area contributed by atoms with Crippen LogP contribution in [0.15, 0.2) is 36.7 Å². The minimum absolute atomic E-state index is 0. The number of likely N-dealkylation sites (tertiary alicyclic amines) is 1. The Labute approximate surface area is 194 Å². The van der Waals surface area contributed by atoms with E-state index in [0.717, 1.165) is 18.8 Å². The van der Waals surface area contributed by atoms with E-state index in [2.05, 4.69) is 42.9 Å². The maximum Gasteiger partial charge on any atom is 2.00 e. The molecule has 0 saturated carbocycles. The molecule has 0 aromatic carbocycles. The van der Waals surface area contributed by atoms with Crippen LogP contribution in [0, 0.1) is 0 Å². The van der Waals surface area contributed by atoms with Gasteiger partial charge in [-0.25, -0.2) is 0 Å². The van der Waals surface area contributed by atoms with E-state index in [1.165, 1.54) is 19.1 Å². The molecule has 1 atom stereocenters. The SMILES string of the molecule is CCN=C([S-])N/N=C(/C=N/NC([S-])=NCC)c1ccc(CN2CCCC2C)o1.[Cu+2]. The molecule has 11 heteroatoms. The van der Waals surface area contributed by atoms with Crippen LogP contribution in [0.4, 0.5) is 0 Å². The number of hydrogen-bond acceptors (Lipinski definition) is 8. The van der Waals surface area contributed by atoms with Crippen LogP contribution in [0.5, 0.6) is 0 Å². The van der Waals surface area contributed by atoms with E-state index in [9.17, 15) is 0 Å². The molecule has 1 aliphatic rings. The van der Waals surface area contributed by atoms with Gasteiger partial charge in [-0.2, -0.15) is 10.2 Å². The third-order valence-electron chi connectivity index (χ3n) is 4.19. The largest absolute Gasteiger partial charge is 2.00 e. The summed E-state index contributed by atoms with van der Waals surface area (Å²) in [5.74, 6) is 1.47. The first-order valence-corrected chi connectivity index (χ1v) is 10.2. The first kappa shape index (κ1) is 25.5. The molecule has 29 heavy (non-hydrogen) atoms. The number of hydrazone groups is 2. The van der Waals surface area contributed by atoms with Gasteiger partial charge >= 0.3 is 17.1 Å². The summed E-state index contributed by atoms with van der Waals surface area (Å²) in [6.45, 7) is 9.09. The van der Waals surface area contributed by atoms with Crippen LogP contribution < -0.4 is 10.9 Å². The summed E-state index contributed by atoms with van der Waals surface area (Å²) < 4.78 is 5.99. The molecule has 1 unspecified atom stereocenters. The Morgan fingerprint density at radius 2 is 1.90 bits per heavy atom. The normalized spacial score (nSPS) is 18.9.